The lowest BCUT2D eigenvalue weighted by atomic mass is 10.1. The third kappa shape index (κ3) is 5.02. The summed E-state index contributed by atoms with van der Waals surface area (Å²) < 4.78 is 20.8. The zero-order chi connectivity index (χ0) is 23.5. The molecule has 166 valence electrons. The average Bonchev–Trinajstić information content (AvgIpc) is 2.77. The van der Waals surface area contributed by atoms with Crippen molar-refractivity contribution >= 4 is 56.8 Å². The molecule has 0 saturated carbocycles. The number of aryl methyl sites for hydroxylation is 1. The van der Waals surface area contributed by atoms with Gasteiger partial charge >= 0.3 is 0 Å². The van der Waals surface area contributed by atoms with Gasteiger partial charge in [0, 0.05) is 0 Å². The first-order chi connectivity index (χ1) is 15.8. The lowest BCUT2D eigenvalue weighted by Crippen LogP contribution is -2.54. The molecule has 8 heteroatoms. The number of anilines is 1. The van der Waals surface area contributed by atoms with E-state index in [4.69, 9.17) is 17.0 Å². The summed E-state index contributed by atoms with van der Waals surface area (Å²) in [5.41, 5.74) is 2.59. The van der Waals surface area contributed by atoms with E-state index in [0.29, 0.717) is 22.4 Å². The van der Waals surface area contributed by atoms with E-state index < -0.39 is 17.6 Å². The number of nitrogens with one attached hydrogen (secondary N) is 1. The molecule has 0 radical (unpaired) electrons. The van der Waals surface area contributed by atoms with Gasteiger partial charge in [-0.3, -0.25) is 14.9 Å². The SMILES string of the molecule is Cc1cccc(COc2ccc(/C=C3\C(=O)NC(=S)N(c4ccccc4F)C3=O)cc2Br)c1. The molecule has 0 atom stereocenters. The van der Waals surface area contributed by atoms with Gasteiger partial charge in [0.2, 0.25) is 0 Å². The van der Waals surface area contributed by atoms with Crippen LogP contribution >= 0.6 is 28.1 Å². The number of hydrogen-bond acceptors (Lipinski definition) is 4. The molecule has 0 spiro atoms. The summed E-state index contributed by atoms with van der Waals surface area (Å²) in [7, 11) is 0. The molecule has 5 nitrogen and oxygen atoms in total. The minimum Gasteiger partial charge on any atom is -0.488 e. The molecule has 1 aliphatic heterocycles. The highest BCUT2D eigenvalue weighted by Crippen LogP contribution is 2.29. The maximum Gasteiger partial charge on any atom is 0.270 e. The van der Waals surface area contributed by atoms with Crippen molar-refractivity contribution in [2.75, 3.05) is 4.90 Å². The van der Waals surface area contributed by atoms with Crippen LogP contribution in [0, 0.1) is 12.7 Å². The smallest absolute Gasteiger partial charge is 0.270 e. The second kappa shape index (κ2) is 9.64. The van der Waals surface area contributed by atoms with E-state index in [0.717, 1.165) is 16.0 Å². The highest BCUT2D eigenvalue weighted by atomic mass is 79.9. The molecule has 33 heavy (non-hydrogen) atoms. The topological polar surface area (TPSA) is 58.6 Å². The Morgan fingerprint density at radius 3 is 2.61 bits per heavy atom. The van der Waals surface area contributed by atoms with Crippen molar-refractivity contribution in [2.24, 2.45) is 0 Å². The highest BCUT2D eigenvalue weighted by Gasteiger charge is 2.35. The molecular formula is C25H18BrFN2O3S. The fourth-order valence-corrected chi connectivity index (χ4v) is 4.15. The first kappa shape index (κ1) is 22.8. The number of hydrogen-bond donors (Lipinski definition) is 1. The highest BCUT2D eigenvalue weighted by molar-refractivity contribution is 9.10. The summed E-state index contributed by atoms with van der Waals surface area (Å²) in [4.78, 5) is 26.5. The molecule has 1 heterocycles. The standard InChI is InChI=1S/C25H18BrFN2O3S/c1-15-5-4-6-17(11-15)14-32-22-10-9-16(13-19(22)26)12-18-23(30)28-25(33)29(24(18)31)21-8-3-2-7-20(21)27/h2-13H,14H2,1H3,(H,28,30,33)/b18-12+. The Hall–Kier alpha value is -3.36. The molecule has 1 N–H and O–H groups in total. The predicted octanol–water partition coefficient (Wildman–Crippen LogP) is 5.31. The second-order valence-corrected chi connectivity index (χ2v) is 8.62. The summed E-state index contributed by atoms with van der Waals surface area (Å²) in [6.45, 7) is 2.42. The number of ether oxygens (including phenoxy) is 1. The zero-order valence-corrected chi connectivity index (χ0v) is 19.9. The molecule has 0 bridgehead atoms. The third-order valence-corrected chi connectivity index (χ3v) is 5.84. The van der Waals surface area contributed by atoms with Gasteiger partial charge in [-0.05, 0) is 76.5 Å². The minimum atomic E-state index is -0.704. The van der Waals surface area contributed by atoms with E-state index in [1.54, 1.807) is 24.3 Å². The number of para-hydroxylation sites is 1. The Kier molecular flexibility index (Phi) is 6.67. The molecule has 3 aromatic carbocycles. The second-order valence-electron chi connectivity index (χ2n) is 7.38. The van der Waals surface area contributed by atoms with E-state index in [1.165, 1.54) is 24.3 Å². The summed E-state index contributed by atoms with van der Waals surface area (Å²) in [6, 6.07) is 19.0. The molecule has 1 saturated heterocycles. The van der Waals surface area contributed by atoms with Gasteiger partial charge in [-0.2, -0.15) is 0 Å². The maximum absolute atomic E-state index is 14.3. The van der Waals surface area contributed by atoms with Gasteiger partial charge in [0.25, 0.3) is 11.8 Å². The third-order valence-electron chi connectivity index (χ3n) is 4.94. The van der Waals surface area contributed by atoms with Crippen molar-refractivity contribution in [3.05, 3.63) is 99.3 Å². The van der Waals surface area contributed by atoms with Crippen LogP contribution in [0.5, 0.6) is 5.75 Å². The average molecular weight is 525 g/mol. The zero-order valence-electron chi connectivity index (χ0n) is 17.5. The van der Waals surface area contributed by atoms with E-state index in [2.05, 4.69) is 21.2 Å². The van der Waals surface area contributed by atoms with Crippen molar-refractivity contribution < 1.29 is 18.7 Å². The number of amides is 2. The number of nitrogens with zero attached hydrogens (tertiary/aromatic N) is 1. The van der Waals surface area contributed by atoms with E-state index in [1.807, 2.05) is 31.2 Å². The first-order valence-corrected chi connectivity index (χ1v) is 11.2. The Labute approximate surface area is 204 Å². The Balaban J connectivity index is 1.57. The molecule has 0 aliphatic carbocycles. The Bertz CT molecular complexity index is 1310. The maximum atomic E-state index is 14.3. The van der Waals surface area contributed by atoms with E-state index >= 15 is 0 Å². The van der Waals surface area contributed by atoms with Crippen LogP contribution < -0.4 is 15.0 Å². The predicted molar refractivity (Wildman–Crippen MR) is 132 cm³/mol. The Morgan fingerprint density at radius 1 is 1.09 bits per heavy atom. The fourth-order valence-electron chi connectivity index (χ4n) is 3.36. The van der Waals surface area contributed by atoms with Crippen molar-refractivity contribution in [1.82, 2.24) is 5.32 Å². The van der Waals surface area contributed by atoms with Gasteiger partial charge in [-0.25, -0.2) is 9.29 Å². The molecule has 0 aromatic heterocycles. The van der Waals surface area contributed by atoms with Crippen LogP contribution in [0.25, 0.3) is 6.08 Å². The summed E-state index contributed by atoms with van der Waals surface area (Å²) in [5.74, 6) is -1.35. The van der Waals surface area contributed by atoms with Gasteiger partial charge in [-0.1, -0.05) is 48.0 Å². The van der Waals surface area contributed by atoms with Crippen LogP contribution in [-0.2, 0) is 16.2 Å². The number of benzene rings is 3. The monoisotopic (exact) mass is 524 g/mol. The van der Waals surface area contributed by atoms with E-state index in [9.17, 15) is 14.0 Å². The molecule has 3 aromatic rings. The number of rotatable bonds is 5. The van der Waals surface area contributed by atoms with Crippen molar-refractivity contribution in [3.63, 3.8) is 0 Å². The van der Waals surface area contributed by atoms with Gasteiger partial charge in [0.15, 0.2) is 5.11 Å². The fraction of sp³-hybridized carbons (Fsp3) is 0.0800. The van der Waals surface area contributed by atoms with Crippen LogP contribution in [-0.4, -0.2) is 16.9 Å². The minimum absolute atomic E-state index is 0.0283. The van der Waals surface area contributed by atoms with Gasteiger partial charge in [-0.15, -0.1) is 0 Å². The first-order valence-electron chi connectivity index (χ1n) is 9.97. The molecule has 0 unspecified atom stereocenters. The summed E-state index contributed by atoms with van der Waals surface area (Å²) in [5, 5.41) is 2.28. The lowest BCUT2D eigenvalue weighted by Gasteiger charge is -2.29. The molecule has 1 fully saturated rings. The van der Waals surface area contributed by atoms with Crippen LogP contribution in [0.4, 0.5) is 10.1 Å². The molecule has 4 rings (SSSR count). The number of carbonyl (C=O) groups excluding carboxylic acids is 2. The largest absolute Gasteiger partial charge is 0.488 e. The summed E-state index contributed by atoms with van der Waals surface area (Å²) >= 11 is 8.59. The van der Waals surface area contributed by atoms with Crippen molar-refractivity contribution in [3.8, 4) is 5.75 Å². The number of thiocarbonyl (C=S) groups is 1. The van der Waals surface area contributed by atoms with Crippen LogP contribution in [0.3, 0.4) is 0 Å². The van der Waals surface area contributed by atoms with Gasteiger partial charge < -0.3 is 4.74 Å². The van der Waals surface area contributed by atoms with Crippen LogP contribution in [0.1, 0.15) is 16.7 Å². The molecular weight excluding hydrogens is 507 g/mol. The van der Waals surface area contributed by atoms with E-state index in [-0.39, 0.29) is 16.4 Å². The van der Waals surface area contributed by atoms with Crippen molar-refractivity contribution in [2.45, 2.75) is 13.5 Å². The molecule has 1 aliphatic rings. The normalized spacial score (nSPS) is 15.1. The summed E-state index contributed by atoms with van der Waals surface area (Å²) in [6.07, 6.45) is 1.43. The van der Waals surface area contributed by atoms with Gasteiger partial charge in [0.05, 0.1) is 10.2 Å². The number of halogens is 2. The number of carbonyl (C=O) groups is 2. The Morgan fingerprint density at radius 2 is 1.88 bits per heavy atom. The van der Waals surface area contributed by atoms with Crippen LogP contribution in [0.2, 0.25) is 0 Å². The van der Waals surface area contributed by atoms with Crippen LogP contribution in [0.15, 0.2) is 76.8 Å². The quantitative estimate of drug-likeness (QED) is 0.279. The molecule has 2 amide bonds. The lowest BCUT2D eigenvalue weighted by molar-refractivity contribution is -0.122. The van der Waals surface area contributed by atoms with Gasteiger partial charge in [0.1, 0.15) is 23.7 Å². The van der Waals surface area contributed by atoms with Crippen molar-refractivity contribution in [1.29, 1.82) is 0 Å².